The summed E-state index contributed by atoms with van der Waals surface area (Å²) in [5.74, 6) is -0.958. The van der Waals surface area contributed by atoms with Gasteiger partial charge in [0.1, 0.15) is 0 Å². The maximum Gasteiger partial charge on any atom is 0.354 e. The normalized spacial score (nSPS) is 12.2. The van der Waals surface area contributed by atoms with Crippen LogP contribution in [0.25, 0.3) is 0 Å². The van der Waals surface area contributed by atoms with Gasteiger partial charge in [0.2, 0.25) is 5.82 Å². The van der Waals surface area contributed by atoms with E-state index in [1.165, 1.54) is 0 Å². The van der Waals surface area contributed by atoms with E-state index in [9.17, 15) is 14.9 Å². The highest BCUT2D eigenvalue weighted by atomic mass is 16.6. The van der Waals surface area contributed by atoms with E-state index in [1.54, 1.807) is 0 Å². The van der Waals surface area contributed by atoms with Crippen molar-refractivity contribution in [3.8, 4) is 0 Å². The first-order valence-electron chi connectivity index (χ1n) is 6.02. The van der Waals surface area contributed by atoms with Crippen LogP contribution >= 0.6 is 0 Å². The SMILES string of the molecule is CCC(Nc1nc(C(=O)O)ccc1[N+](=O)[O-])C(C)C. The van der Waals surface area contributed by atoms with E-state index in [2.05, 4.69) is 10.3 Å². The van der Waals surface area contributed by atoms with Crippen LogP contribution in [0.15, 0.2) is 12.1 Å². The molecule has 1 atom stereocenters. The number of aromatic nitrogens is 1. The van der Waals surface area contributed by atoms with Crippen molar-refractivity contribution in [2.24, 2.45) is 5.92 Å². The summed E-state index contributed by atoms with van der Waals surface area (Å²) < 4.78 is 0. The summed E-state index contributed by atoms with van der Waals surface area (Å²) in [7, 11) is 0. The maximum absolute atomic E-state index is 10.9. The number of pyridine rings is 1. The van der Waals surface area contributed by atoms with Gasteiger partial charge in [-0.1, -0.05) is 20.8 Å². The molecule has 7 heteroatoms. The number of nitrogens with one attached hydrogen (secondary N) is 1. The third-order valence-electron chi connectivity index (χ3n) is 2.86. The zero-order chi connectivity index (χ0) is 14.6. The van der Waals surface area contributed by atoms with Gasteiger partial charge in [-0.2, -0.15) is 0 Å². The summed E-state index contributed by atoms with van der Waals surface area (Å²) in [5.41, 5.74) is -0.434. The number of anilines is 1. The molecule has 1 rings (SSSR count). The third kappa shape index (κ3) is 3.64. The molecule has 0 bridgehead atoms. The van der Waals surface area contributed by atoms with Crippen LogP contribution in [0.3, 0.4) is 0 Å². The van der Waals surface area contributed by atoms with Crippen molar-refractivity contribution in [3.63, 3.8) is 0 Å². The molecule has 0 aliphatic rings. The maximum atomic E-state index is 10.9. The van der Waals surface area contributed by atoms with Gasteiger partial charge in [-0.3, -0.25) is 10.1 Å². The molecule has 0 saturated carbocycles. The summed E-state index contributed by atoms with van der Waals surface area (Å²) in [6, 6.07) is 2.28. The second-order valence-corrected chi connectivity index (χ2v) is 4.53. The molecular formula is C12H17N3O4. The molecule has 104 valence electrons. The van der Waals surface area contributed by atoms with E-state index in [4.69, 9.17) is 5.11 Å². The molecule has 0 aliphatic heterocycles. The Kier molecular flexibility index (Phi) is 4.80. The fourth-order valence-electron chi connectivity index (χ4n) is 1.74. The van der Waals surface area contributed by atoms with Gasteiger partial charge >= 0.3 is 11.7 Å². The number of carboxylic acid groups (broad SMARTS) is 1. The minimum Gasteiger partial charge on any atom is -0.477 e. The van der Waals surface area contributed by atoms with E-state index < -0.39 is 10.9 Å². The number of carboxylic acids is 1. The van der Waals surface area contributed by atoms with Crippen LogP contribution in [0.1, 0.15) is 37.7 Å². The fourth-order valence-corrected chi connectivity index (χ4v) is 1.74. The lowest BCUT2D eigenvalue weighted by atomic mass is 10.0. The summed E-state index contributed by atoms with van der Waals surface area (Å²) >= 11 is 0. The van der Waals surface area contributed by atoms with Crippen molar-refractivity contribution in [2.45, 2.75) is 33.2 Å². The smallest absolute Gasteiger partial charge is 0.354 e. The lowest BCUT2D eigenvalue weighted by Gasteiger charge is -2.21. The molecule has 1 heterocycles. The number of hydrogen-bond donors (Lipinski definition) is 2. The second kappa shape index (κ2) is 6.12. The van der Waals surface area contributed by atoms with E-state index in [1.807, 2.05) is 20.8 Å². The van der Waals surface area contributed by atoms with E-state index >= 15 is 0 Å². The average molecular weight is 267 g/mol. The van der Waals surface area contributed by atoms with E-state index in [0.29, 0.717) is 0 Å². The zero-order valence-electron chi connectivity index (χ0n) is 11.1. The molecule has 0 radical (unpaired) electrons. The third-order valence-corrected chi connectivity index (χ3v) is 2.86. The molecule has 0 spiro atoms. The zero-order valence-corrected chi connectivity index (χ0v) is 11.1. The molecular weight excluding hydrogens is 250 g/mol. The predicted octanol–water partition coefficient (Wildman–Crippen LogP) is 2.53. The minimum absolute atomic E-state index is 0.00440. The number of hydrogen-bond acceptors (Lipinski definition) is 5. The van der Waals surface area contributed by atoms with E-state index in [0.717, 1.165) is 18.6 Å². The van der Waals surface area contributed by atoms with Crippen LogP contribution in [0.4, 0.5) is 11.5 Å². The van der Waals surface area contributed by atoms with Gasteiger partial charge in [-0.05, 0) is 18.4 Å². The summed E-state index contributed by atoms with van der Waals surface area (Å²) in [6.45, 7) is 5.91. The van der Waals surface area contributed by atoms with Crippen molar-refractivity contribution in [1.82, 2.24) is 4.98 Å². The number of nitro groups is 1. The number of aromatic carboxylic acids is 1. The highest BCUT2D eigenvalue weighted by Gasteiger charge is 2.21. The molecule has 0 aromatic carbocycles. The predicted molar refractivity (Wildman–Crippen MR) is 70.4 cm³/mol. The largest absolute Gasteiger partial charge is 0.477 e. The van der Waals surface area contributed by atoms with Gasteiger partial charge in [0.05, 0.1) is 4.92 Å². The Morgan fingerprint density at radius 2 is 2.16 bits per heavy atom. The molecule has 0 amide bonds. The van der Waals surface area contributed by atoms with E-state index in [-0.39, 0.29) is 29.2 Å². The Balaban J connectivity index is 3.17. The van der Waals surface area contributed by atoms with Crippen molar-refractivity contribution < 1.29 is 14.8 Å². The lowest BCUT2D eigenvalue weighted by Crippen LogP contribution is -2.26. The highest BCUT2D eigenvalue weighted by Crippen LogP contribution is 2.24. The van der Waals surface area contributed by atoms with Crippen LogP contribution in [0.2, 0.25) is 0 Å². The quantitative estimate of drug-likeness (QED) is 0.606. The van der Waals surface area contributed by atoms with Crippen molar-refractivity contribution in [1.29, 1.82) is 0 Å². The van der Waals surface area contributed by atoms with Gasteiger partial charge in [0.25, 0.3) is 0 Å². The highest BCUT2D eigenvalue weighted by molar-refractivity contribution is 5.86. The van der Waals surface area contributed by atoms with Crippen LogP contribution in [-0.2, 0) is 0 Å². The monoisotopic (exact) mass is 267 g/mol. The molecule has 0 fully saturated rings. The topological polar surface area (TPSA) is 105 Å². The van der Waals surface area contributed by atoms with Gasteiger partial charge < -0.3 is 10.4 Å². The molecule has 7 nitrogen and oxygen atoms in total. The first kappa shape index (κ1) is 14.9. The first-order valence-corrected chi connectivity index (χ1v) is 6.02. The lowest BCUT2D eigenvalue weighted by molar-refractivity contribution is -0.384. The van der Waals surface area contributed by atoms with Crippen LogP contribution in [0, 0.1) is 16.0 Å². The Labute approximate surface area is 110 Å². The molecule has 19 heavy (non-hydrogen) atoms. The van der Waals surface area contributed by atoms with Gasteiger partial charge in [0.15, 0.2) is 5.69 Å². The van der Waals surface area contributed by atoms with Crippen LogP contribution < -0.4 is 5.32 Å². The number of nitrogens with zero attached hydrogens (tertiary/aromatic N) is 2. The van der Waals surface area contributed by atoms with Crippen molar-refractivity contribution in [3.05, 3.63) is 27.9 Å². The van der Waals surface area contributed by atoms with Gasteiger partial charge in [-0.25, -0.2) is 9.78 Å². The van der Waals surface area contributed by atoms with Gasteiger partial charge in [-0.15, -0.1) is 0 Å². The van der Waals surface area contributed by atoms with Crippen LogP contribution in [0.5, 0.6) is 0 Å². The summed E-state index contributed by atoms with van der Waals surface area (Å²) in [6.07, 6.45) is 0.758. The minimum atomic E-state index is -1.21. The number of rotatable bonds is 6. The standard InChI is InChI=1S/C12H17N3O4/c1-4-8(7(2)3)13-11-10(15(18)19)6-5-9(14-11)12(16)17/h5-8H,4H2,1-3H3,(H,13,14)(H,16,17). The molecule has 1 aromatic rings. The Morgan fingerprint density at radius 1 is 1.53 bits per heavy atom. The molecule has 0 aliphatic carbocycles. The van der Waals surface area contributed by atoms with Crippen molar-refractivity contribution in [2.75, 3.05) is 5.32 Å². The second-order valence-electron chi connectivity index (χ2n) is 4.53. The molecule has 0 saturated heterocycles. The fraction of sp³-hybridized carbons (Fsp3) is 0.500. The van der Waals surface area contributed by atoms with Crippen LogP contribution in [-0.4, -0.2) is 27.0 Å². The average Bonchev–Trinajstić information content (AvgIpc) is 2.34. The summed E-state index contributed by atoms with van der Waals surface area (Å²) in [4.78, 5) is 25.0. The van der Waals surface area contributed by atoms with Gasteiger partial charge in [0, 0.05) is 12.1 Å². The van der Waals surface area contributed by atoms with Crippen molar-refractivity contribution >= 4 is 17.5 Å². The molecule has 2 N–H and O–H groups in total. The Bertz CT molecular complexity index is 488. The Morgan fingerprint density at radius 3 is 2.58 bits per heavy atom. The molecule has 1 unspecified atom stereocenters. The first-order chi connectivity index (χ1) is 8.86. The molecule has 1 aromatic heterocycles. The summed E-state index contributed by atoms with van der Waals surface area (Å²) in [5, 5.41) is 22.8. The number of carbonyl (C=O) groups is 1. The Hall–Kier alpha value is -2.18.